The Kier molecular flexibility index (Phi) is 7.77. The summed E-state index contributed by atoms with van der Waals surface area (Å²) in [5.74, 6) is -2.62. The van der Waals surface area contributed by atoms with Crippen LogP contribution >= 0.6 is 11.6 Å². The van der Waals surface area contributed by atoms with E-state index in [-0.39, 0.29) is 45.6 Å². The molecular weight excluding hydrogens is 508 g/mol. The van der Waals surface area contributed by atoms with Crippen LogP contribution in [0.15, 0.2) is 17.9 Å². The summed E-state index contributed by atoms with van der Waals surface area (Å²) in [6.07, 6.45) is 2.49. The summed E-state index contributed by atoms with van der Waals surface area (Å²) in [4.78, 5) is 51.2. The molecular formula is C25H29ClN2O9. The van der Waals surface area contributed by atoms with Crippen LogP contribution in [0.2, 0.25) is 5.02 Å². The molecule has 12 heteroatoms. The highest BCUT2D eigenvalue weighted by atomic mass is 35.5. The first-order chi connectivity index (χ1) is 17.6. The van der Waals surface area contributed by atoms with E-state index in [1.54, 1.807) is 13.8 Å². The van der Waals surface area contributed by atoms with Crippen LogP contribution in [0, 0.1) is 5.92 Å². The molecule has 2 N–H and O–H groups in total. The Balaban J connectivity index is 1.55. The molecule has 4 rings (SSSR count). The summed E-state index contributed by atoms with van der Waals surface area (Å²) in [7, 11) is 2.67. The molecule has 1 saturated heterocycles. The minimum absolute atomic E-state index is 0.0340. The van der Waals surface area contributed by atoms with Gasteiger partial charge in [0, 0.05) is 25.0 Å². The van der Waals surface area contributed by atoms with Gasteiger partial charge >= 0.3 is 0 Å². The van der Waals surface area contributed by atoms with Crippen LogP contribution in [0.3, 0.4) is 0 Å². The number of halogens is 1. The minimum atomic E-state index is -1.63. The first-order valence-electron chi connectivity index (χ1n) is 11.9. The number of allylic oxidation sites excluding steroid dienone is 1. The lowest BCUT2D eigenvalue weighted by Gasteiger charge is -2.36. The number of Topliss-reactive ketones (excluding diaryl/α,β-unsaturated/α-hetero) is 1. The Morgan fingerprint density at radius 1 is 1.19 bits per heavy atom. The Labute approximate surface area is 218 Å². The van der Waals surface area contributed by atoms with Crippen LogP contribution in [0.4, 0.5) is 0 Å². The fraction of sp³-hybridized carbons (Fsp3) is 0.520. The molecule has 0 radical (unpaired) electrons. The number of hydrazine groups is 1. The summed E-state index contributed by atoms with van der Waals surface area (Å²) in [6.45, 7) is 3.80. The molecule has 2 aliphatic heterocycles. The summed E-state index contributed by atoms with van der Waals surface area (Å²) in [6, 6.07) is 1.29. The van der Waals surface area contributed by atoms with E-state index < -0.39 is 41.5 Å². The number of ketones is 2. The van der Waals surface area contributed by atoms with Crippen molar-refractivity contribution in [3.63, 3.8) is 0 Å². The number of methoxy groups -OCH3 is 2. The van der Waals surface area contributed by atoms with Crippen LogP contribution in [0.5, 0.6) is 11.5 Å². The highest BCUT2D eigenvalue weighted by Gasteiger charge is 2.60. The van der Waals surface area contributed by atoms with Crippen molar-refractivity contribution in [3.05, 3.63) is 34.1 Å². The van der Waals surface area contributed by atoms with Crippen molar-refractivity contribution in [3.8, 4) is 11.5 Å². The van der Waals surface area contributed by atoms with Gasteiger partial charge in [0.05, 0.1) is 24.8 Å². The zero-order valence-electron chi connectivity index (χ0n) is 21.0. The SMILES string of the molecule is COC1=CC(=O)C[C@@H](C)[C@]12Oc1c(Cl)c(C(=O)NNC(=O)[C@@H](C)OC3CCCCO3)cc(OC)c1C2=O. The molecule has 0 bridgehead atoms. The van der Waals surface area contributed by atoms with Gasteiger partial charge in [0.15, 0.2) is 23.6 Å². The van der Waals surface area contributed by atoms with Crippen LogP contribution < -0.4 is 20.3 Å². The van der Waals surface area contributed by atoms with E-state index in [1.807, 2.05) is 0 Å². The standard InChI is InChI=1S/C25H29ClN2O9/c1-12-9-14(29)10-17(34-4)25(12)22(30)19-16(33-3)11-15(20(26)21(19)37-25)24(32)28-27-23(31)13(2)36-18-7-5-6-8-35-18/h10-13,18H,5-9H2,1-4H3,(H,27,31)(H,28,32)/t12-,13-,18?,25+/m1/s1. The third kappa shape index (κ3) is 4.78. The van der Waals surface area contributed by atoms with Gasteiger partial charge < -0.3 is 23.7 Å². The van der Waals surface area contributed by atoms with E-state index in [4.69, 9.17) is 35.3 Å². The molecule has 1 fully saturated rings. The zero-order chi connectivity index (χ0) is 26.9. The summed E-state index contributed by atoms with van der Waals surface area (Å²) in [5.41, 5.74) is 2.91. The Hall–Kier alpha value is -3.15. The van der Waals surface area contributed by atoms with Crippen molar-refractivity contribution in [2.24, 2.45) is 5.92 Å². The molecule has 200 valence electrons. The Morgan fingerprint density at radius 3 is 2.59 bits per heavy atom. The quantitative estimate of drug-likeness (QED) is 0.525. The number of hydrogen-bond acceptors (Lipinski definition) is 9. The molecule has 0 aromatic heterocycles. The first kappa shape index (κ1) is 26.9. The van der Waals surface area contributed by atoms with Crippen molar-refractivity contribution in [2.75, 3.05) is 20.8 Å². The average molecular weight is 537 g/mol. The van der Waals surface area contributed by atoms with Gasteiger partial charge in [-0.25, -0.2) is 0 Å². The highest BCUT2D eigenvalue weighted by Crippen LogP contribution is 2.52. The molecule has 1 spiro atoms. The van der Waals surface area contributed by atoms with Crippen LogP contribution in [0.25, 0.3) is 0 Å². The maximum atomic E-state index is 13.6. The van der Waals surface area contributed by atoms with Gasteiger partial charge in [-0.15, -0.1) is 0 Å². The van der Waals surface area contributed by atoms with E-state index in [9.17, 15) is 19.2 Å². The van der Waals surface area contributed by atoms with Gasteiger partial charge in [0.1, 0.15) is 17.4 Å². The third-order valence-corrected chi connectivity index (χ3v) is 7.09. The van der Waals surface area contributed by atoms with Crippen molar-refractivity contribution in [2.45, 2.75) is 57.5 Å². The molecule has 1 aromatic rings. The minimum Gasteiger partial charge on any atom is -0.496 e. The first-order valence-corrected chi connectivity index (χ1v) is 12.3. The van der Waals surface area contributed by atoms with E-state index in [1.165, 1.54) is 26.4 Å². The maximum Gasteiger partial charge on any atom is 0.271 e. The van der Waals surface area contributed by atoms with Gasteiger partial charge in [-0.05, 0) is 32.3 Å². The number of rotatable bonds is 6. The fourth-order valence-electron chi connectivity index (χ4n) is 4.73. The Morgan fingerprint density at radius 2 is 1.95 bits per heavy atom. The fourth-order valence-corrected chi connectivity index (χ4v) is 5.01. The summed E-state index contributed by atoms with van der Waals surface area (Å²) >= 11 is 6.54. The normalized spacial score (nSPS) is 25.6. The van der Waals surface area contributed by atoms with Crippen LogP contribution in [-0.2, 0) is 23.8 Å². The second kappa shape index (κ2) is 10.7. The van der Waals surface area contributed by atoms with Crippen molar-refractivity contribution in [1.82, 2.24) is 10.9 Å². The number of hydrogen-bond donors (Lipinski definition) is 2. The van der Waals surface area contributed by atoms with Gasteiger partial charge in [-0.2, -0.15) is 0 Å². The van der Waals surface area contributed by atoms with E-state index in [2.05, 4.69) is 10.9 Å². The Bertz CT molecular complexity index is 1160. The summed E-state index contributed by atoms with van der Waals surface area (Å²) < 4.78 is 27.9. The summed E-state index contributed by atoms with van der Waals surface area (Å²) in [5, 5.41) is -0.160. The predicted molar refractivity (Wildman–Crippen MR) is 129 cm³/mol. The lowest BCUT2D eigenvalue weighted by atomic mass is 9.75. The van der Waals surface area contributed by atoms with E-state index in [0.717, 1.165) is 12.8 Å². The average Bonchev–Trinajstić information content (AvgIpc) is 3.20. The van der Waals surface area contributed by atoms with Crippen molar-refractivity contribution in [1.29, 1.82) is 0 Å². The number of amides is 2. The van der Waals surface area contributed by atoms with Gasteiger partial charge in [-0.3, -0.25) is 30.0 Å². The van der Waals surface area contributed by atoms with E-state index >= 15 is 0 Å². The third-order valence-electron chi connectivity index (χ3n) is 6.72. The maximum absolute atomic E-state index is 13.6. The number of carbonyl (C=O) groups is 4. The van der Waals surface area contributed by atoms with Gasteiger partial charge in [0.25, 0.3) is 11.8 Å². The second-order valence-electron chi connectivity index (χ2n) is 9.11. The molecule has 4 atom stereocenters. The highest BCUT2D eigenvalue weighted by molar-refractivity contribution is 6.37. The van der Waals surface area contributed by atoms with Gasteiger partial charge in [-0.1, -0.05) is 18.5 Å². The van der Waals surface area contributed by atoms with Crippen molar-refractivity contribution >= 4 is 35.0 Å². The number of benzene rings is 1. The zero-order valence-corrected chi connectivity index (χ0v) is 21.7. The molecule has 0 saturated carbocycles. The van der Waals surface area contributed by atoms with Crippen molar-refractivity contribution < 1.29 is 42.9 Å². The second-order valence-corrected chi connectivity index (χ2v) is 9.49. The molecule has 1 aromatic carbocycles. The largest absolute Gasteiger partial charge is 0.496 e. The van der Waals surface area contributed by atoms with Crippen LogP contribution in [-0.4, -0.2) is 62.2 Å². The number of nitrogens with one attached hydrogen (secondary N) is 2. The molecule has 1 aliphatic carbocycles. The molecule has 11 nitrogen and oxygen atoms in total. The molecule has 37 heavy (non-hydrogen) atoms. The van der Waals surface area contributed by atoms with E-state index in [0.29, 0.717) is 13.0 Å². The van der Waals surface area contributed by atoms with Crippen LogP contribution in [0.1, 0.15) is 60.2 Å². The topological polar surface area (TPSA) is 138 Å². The smallest absolute Gasteiger partial charge is 0.271 e. The number of ether oxygens (including phenoxy) is 5. The molecule has 2 amide bonds. The molecule has 2 heterocycles. The lowest BCUT2D eigenvalue weighted by molar-refractivity contribution is -0.189. The molecule has 1 unspecified atom stereocenters. The lowest BCUT2D eigenvalue weighted by Crippen LogP contribution is -2.51. The van der Waals surface area contributed by atoms with Gasteiger partial charge in [0.2, 0.25) is 11.4 Å². The molecule has 3 aliphatic rings. The number of fused-ring (bicyclic) bond motifs is 1. The monoisotopic (exact) mass is 536 g/mol. The number of carbonyl (C=O) groups excluding carboxylic acids is 4. The predicted octanol–water partition coefficient (Wildman–Crippen LogP) is 2.49.